The predicted molar refractivity (Wildman–Crippen MR) is 117 cm³/mol. The molecule has 0 aromatic heterocycles. The summed E-state index contributed by atoms with van der Waals surface area (Å²) in [6.07, 6.45) is 4.38. The zero-order chi connectivity index (χ0) is 22.4. The Kier molecular flexibility index (Phi) is 5.40. The van der Waals surface area contributed by atoms with Crippen molar-refractivity contribution in [2.75, 3.05) is 18.0 Å². The van der Waals surface area contributed by atoms with Crippen molar-refractivity contribution in [1.82, 2.24) is 10.2 Å². The summed E-state index contributed by atoms with van der Waals surface area (Å²) in [5.74, 6) is 0.0325. The number of carbonyl (C=O) groups excluding carboxylic acids is 4. The number of hydrogen-bond acceptors (Lipinski definition) is 4. The second-order valence-corrected chi connectivity index (χ2v) is 10.2. The molecule has 1 saturated carbocycles. The molecule has 1 N–H and O–H groups in total. The topological polar surface area (TPSA) is 86.8 Å². The molecule has 3 aliphatic rings. The zero-order valence-corrected chi connectivity index (χ0v) is 18.6. The Hall–Kier alpha value is -2.70. The van der Waals surface area contributed by atoms with Crippen LogP contribution in [0.3, 0.4) is 0 Å². The molecule has 0 radical (unpaired) electrons. The van der Waals surface area contributed by atoms with Gasteiger partial charge in [-0.15, -0.1) is 0 Å². The lowest BCUT2D eigenvalue weighted by Crippen LogP contribution is -2.50. The van der Waals surface area contributed by atoms with Crippen molar-refractivity contribution < 1.29 is 19.2 Å². The Morgan fingerprint density at radius 3 is 2.29 bits per heavy atom. The highest BCUT2D eigenvalue weighted by Crippen LogP contribution is 2.43. The minimum absolute atomic E-state index is 0.0879. The predicted octanol–water partition coefficient (Wildman–Crippen LogP) is 3.52. The number of anilines is 1. The van der Waals surface area contributed by atoms with Gasteiger partial charge in [-0.05, 0) is 67.7 Å². The van der Waals surface area contributed by atoms with Crippen LogP contribution >= 0.6 is 0 Å². The van der Waals surface area contributed by atoms with E-state index in [1.807, 2.05) is 0 Å². The maximum atomic E-state index is 13.1. The van der Waals surface area contributed by atoms with Crippen LogP contribution < -0.4 is 10.2 Å². The van der Waals surface area contributed by atoms with Crippen molar-refractivity contribution >= 4 is 29.3 Å². The lowest BCUT2D eigenvalue weighted by Gasteiger charge is -2.40. The summed E-state index contributed by atoms with van der Waals surface area (Å²) in [6, 6.07) is 6.33. The van der Waals surface area contributed by atoms with Gasteiger partial charge in [0.05, 0.1) is 6.54 Å². The number of rotatable bonds is 4. The number of nitrogens with one attached hydrogen (secondary N) is 1. The molecule has 1 aliphatic carbocycles. The summed E-state index contributed by atoms with van der Waals surface area (Å²) < 4.78 is 0. The number of carbonyl (C=O) groups is 4. The van der Waals surface area contributed by atoms with Crippen molar-refractivity contribution in [3.05, 3.63) is 29.8 Å². The molecule has 2 heterocycles. The summed E-state index contributed by atoms with van der Waals surface area (Å²) in [7, 11) is 0. The van der Waals surface area contributed by atoms with Crippen LogP contribution in [-0.2, 0) is 9.59 Å². The molecular formula is C24H31N3O4. The maximum Gasteiger partial charge on any atom is 0.325 e. The average molecular weight is 426 g/mol. The van der Waals surface area contributed by atoms with E-state index in [4.69, 9.17) is 0 Å². The minimum atomic E-state index is -0.862. The van der Waals surface area contributed by atoms with Crippen molar-refractivity contribution in [3.63, 3.8) is 0 Å². The van der Waals surface area contributed by atoms with Gasteiger partial charge in [-0.1, -0.05) is 20.8 Å². The van der Waals surface area contributed by atoms with Gasteiger partial charge in [-0.3, -0.25) is 19.3 Å². The van der Waals surface area contributed by atoms with Crippen molar-refractivity contribution in [2.24, 2.45) is 11.3 Å². The molecule has 7 nitrogen and oxygen atoms in total. The zero-order valence-electron chi connectivity index (χ0n) is 18.6. The summed E-state index contributed by atoms with van der Waals surface area (Å²) in [5.41, 5.74) is 0.505. The van der Waals surface area contributed by atoms with Gasteiger partial charge in [0.25, 0.3) is 5.91 Å². The monoisotopic (exact) mass is 425 g/mol. The van der Waals surface area contributed by atoms with Gasteiger partial charge < -0.3 is 10.2 Å². The largest absolute Gasteiger partial charge is 0.325 e. The molecule has 7 heteroatoms. The number of amides is 4. The van der Waals surface area contributed by atoms with Gasteiger partial charge in [0.15, 0.2) is 5.78 Å². The molecule has 2 saturated heterocycles. The number of imide groups is 1. The van der Waals surface area contributed by atoms with E-state index in [1.54, 1.807) is 29.2 Å². The van der Waals surface area contributed by atoms with Gasteiger partial charge in [-0.25, -0.2) is 4.79 Å². The fourth-order valence-corrected chi connectivity index (χ4v) is 5.12. The van der Waals surface area contributed by atoms with E-state index in [0.717, 1.165) is 29.8 Å². The first-order valence-electron chi connectivity index (χ1n) is 11.2. The van der Waals surface area contributed by atoms with Crippen molar-refractivity contribution in [3.8, 4) is 0 Å². The third-order valence-electron chi connectivity index (χ3n) is 7.19. The Bertz CT molecular complexity index is 908. The first-order valence-corrected chi connectivity index (χ1v) is 11.2. The van der Waals surface area contributed by atoms with Gasteiger partial charge in [0, 0.05) is 24.2 Å². The minimum Gasteiger partial charge on any atom is -0.323 e. The summed E-state index contributed by atoms with van der Waals surface area (Å²) >= 11 is 0. The van der Waals surface area contributed by atoms with Gasteiger partial charge >= 0.3 is 6.03 Å². The normalized spacial score (nSPS) is 26.7. The number of hydrogen-bond donors (Lipinski definition) is 1. The number of urea groups is 1. The molecule has 4 amide bonds. The third kappa shape index (κ3) is 3.98. The molecule has 0 unspecified atom stereocenters. The second-order valence-electron chi connectivity index (χ2n) is 10.2. The van der Waals surface area contributed by atoms with E-state index >= 15 is 0 Å². The van der Waals surface area contributed by atoms with Crippen LogP contribution in [0.2, 0.25) is 0 Å². The number of benzene rings is 1. The SMILES string of the molecule is CC(C)(C)C1CCC2(CC1)NC(=O)N(CC(=O)c1ccc(N3CCCC3=O)cc1)C2=O. The molecule has 1 aromatic carbocycles. The number of nitrogens with zero attached hydrogens (tertiary/aromatic N) is 2. The molecule has 2 aliphatic heterocycles. The Morgan fingerprint density at radius 2 is 1.74 bits per heavy atom. The van der Waals surface area contributed by atoms with E-state index in [2.05, 4.69) is 26.1 Å². The van der Waals surface area contributed by atoms with Crippen LogP contribution in [-0.4, -0.2) is 47.2 Å². The summed E-state index contributed by atoms with van der Waals surface area (Å²) in [5, 5.41) is 2.89. The van der Waals surface area contributed by atoms with E-state index in [9.17, 15) is 19.2 Å². The van der Waals surface area contributed by atoms with Crippen molar-refractivity contribution in [1.29, 1.82) is 0 Å². The molecule has 0 bridgehead atoms. The van der Waals surface area contributed by atoms with Crippen LogP contribution in [0, 0.1) is 11.3 Å². The average Bonchev–Trinajstić information content (AvgIpc) is 3.25. The summed E-state index contributed by atoms with van der Waals surface area (Å²) in [4.78, 5) is 53.1. The highest BCUT2D eigenvalue weighted by atomic mass is 16.2. The van der Waals surface area contributed by atoms with Crippen LogP contribution in [0.25, 0.3) is 0 Å². The third-order valence-corrected chi connectivity index (χ3v) is 7.19. The van der Waals surface area contributed by atoms with Crippen LogP contribution in [0.15, 0.2) is 24.3 Å². The van der Waals surface area contributed by atoms with E-state index in [0.29, 0.717) is 37.3 Å². The fraction of sp³-hybridized carbons (Fsp3) is 0.583. The highest BCUT2D eigenvalue weighted by molar-refractivity contribution is 6.11. The molecule has 31 heavy (non-hydrogen) atoms. The quantitative estimate of drug-likeness (QED) is 0.591. The lowest BCUT2D eigenvalue weighted by molar-refractivity contribution is -0.132. The van der Waals surface area contributed by atoms with Gasteiger partial charge in [-0.2, -0.15) is 0 Å². The smallest absolute Gasteiger partial charge is 0.323 e. The lowest BCUT2D eigenvalue weighted by atomic mass is 9.67. The molecular weight excluding hydrogens is 394 g/mol. The Balaban J connectivity index is 1.41. The van der Waals surface area contributed by atoms with Crippen molar-refractivity contribution in [2.45, 2.75) is 64.8 Å². The molecule has 4 rings (SSSR count). The number of ketones is 1. The van der Waals surface area contributed by atoms with E-state index < -0.39 is 11.6 Å². The first kappa shape index (κ1) is 21.5. The van der Waals surface area contributed by atoms with Crippen LogP contribution in [0.4, 0.5) is 10.5 Å². The molecule has 0 atom stereocenters. The van der Waals surface area contributed by atoms with Crippen LogP contribution in [0.5, 0.6) is 0 Å². The molecule has 166 valence electrons. The maximum absolute atomic E-state index is 13.1. The molecule has 3 fully saturated rings. The Labute approximate surface area is 183 Å². The van der Waals surface area contributed by atoms with E-state index in [1.165, 1.54) is 0 Å². The second kappa shape index (κ2) is 7.77. The van der Waals surface area contributed by atoms with Gasteiger partial charge in [0.1, 0.15) is 5.54 Å². The number of Topliss-reactive ketones (excluding diaryl/α,β-unsaturated/α-hetero) is 1. The fourth-order valence-electron chi connectivity index (χ4n) is 5.12. The molecule has 1 aromatic rings. The van der Waals surface area contributed by atoms with Gasteiger partial charge in [0.2, 0.25) is 5.91 Å². The first-order chi connectivity index (χ1) is 14.6. The van der Waals surface area contributed by atoms with E-state index in [-0.39, 0.29) is 29.6 Å². The van der Waals surface area contributed by atoms with Crippen LogP contribution in [0.1, 0.15) is 69.7 Å². The highest BCUT2D eigenvalue weighted by Gasteiger charge is 2.53. The molecule has 1 spiro atoms. The summed E-state index contributed by atoms with van der Waals surface area (Å²) in [6.45, 7) is 7.05. The standard InChI is InChI=1S/C24H31N3O4/c1-23(2,3)17-10-12-24(13-11-17)21(30)27(22(31)25-24)15-19(28)16-6-8-18(9-7-16)26-14-4-5-20(26)29/h6-9,17H,4-5,10-15H2,1-3H3,(H,25,31). The Morgan fingerprint density at radius 1 is 1.10 bits per heavy atom.